The molecule has 0 amide bonds. The molecule has 0 fully saturated rings. The van der Waals surface area contributed by atoms with Crippen LogP contribution in [-0.2, 0) is 0 Å². The van der Waals surface area contributed by atoms with Gasteiger partial charge in [0.25, 0.3) is 0 Å². The molecular weight excluding hydrogens is 220 g/mol. The average molecular weight is 226 g/mol. The van der Waals surface area contributed by atoms with E-state index in [1.165, 1.54) is 12.1 Å². The molecule has 0 saturated carbocycles. The fraction of sp³-hybridized carbons (Fsp3) is 0. The Kier molecular flexibility index (Phi) is 3.68. The largest absolute Gasteiger partial charge is 0.396 e. The maximum atomic E-state index is 12.4. The summed E-state index contributed by atoms with van der Waals surface area (Å²) in [4.78, 5) is 0. The van der Waals surface area contributed by atoms with E-state index in [1.54, 1.807) is 6.07 Å². The Labute approximate surface area is 73.0 Å². The molecule has 0 unspecified atom stereocenters. The van der Waals surface area contributed by atoms with Crippen molar-refractivity contribution in [1.82, 2.24) is 0 Å². The fourth-order valence-electron chi connectivity index (χ4n) is 0.515. The van der Waals surface area contributed by atoms with Crippen molar-refractivity contribution in [2.24, 2.45) is 0 Å². The van der Waals surface area contributed by atoms with Crippen molar-refractivity contribution in [3.63, 3.8) is 0 Å². The predicted octanol–water partition coefficient (Wildman–Crippen LogP) is 2.59. The Hall–Kier alpha value is -0.280. The SMILES string of the molecule is Cl.Nc1cc(Br)ccc1F. The predicted molar refractivity (Wildman–Crippen MR) is 45.8 cm³/mol. The minimum atomic E-state index is -0.377. The molecule has 0 spiro atoms. The summed E-state index contributed by atoms with van der Waals surface area (Å²) in [6.45, 7) is 0. The first kappa shape index (κ1) is 9.72. The number of nitrogens with two attached hydrogens (primary N) is 1. The van der Waals surface area contributed by atoms with E-state index in [-0.39, 0.29) is 23.9 Å². The van der Waals surface area contributed by atoms with Gasteiger partial charge in [0.1, 0.15) is 5.82 Å². The van der Waals surface area contributed by atoms with Gasteiger partial charge in [-0.1, -0.05) is 15.9 Å². The molecule has 2 N–H and O–H groups in total. The molecule has 0 atom stereocenters. The van der Waals surface area contributed by atoms with Crippen molar-refractivity contribution < 1.29 is 4.39 Å². The second-order valence-electron chi connectivity index (χ2n) is 1.67. The van der Waals surface area contributed by atoms with Gasteiger partial charge in [0.15, 0.2) is 0 Å². The second kappa shape index (κ2) is 3.78. The van der Waals surface area contributed by atoms with Gasteiger partial charge in [-0.2, -0.15) is 0 Å². The van der Waals surface area contributed by atoms with Crippen LogP contribution in [0.3, 0.4) is 0 Å². The Morgan fingerprint density at radius 1 is 1.40 bits per heavy atom. The van der Waals surface area contributed by atoms with Crippen LogP contribution in [0.2, 0.25) is 0 Å². The summed E-state index contributed by atoms with van der Waals surface area (Å²) in [5.41, 5.74) is 5.39. The Morgan fingerprint density at radius 3 is 2.40 bits per heavy atom. The lowest BCUT2D eigenvalue weighted by Crippen LogP contribution is -1.88. The third-order valence-electron chi connectivity index (χ3n) is 0.958. The van der Waals surface area contributed by atoms with E-state index in [0.29, 0.717) is 0 Å². The van der Waals surface area contributed by atoms with Crippen LogP contribution in [0.5, 0.6) is 0 Å². The van der Waals surface area contributed by atoms with Crippen molar-refractivity contribution in [2.75, 3.05) is 5.73 Å². The van der Waals surface area contributed by atoms with Gasteiger partial charge in [-0.15, -0.1) is 12.4 Å². The quantitative estimate of drug-likeness (QED) is 0.676. The summed E-state index contributed by atoms with van der Waals surface area (Å²) in [7, 11) is 0. The lowest BCUT2D eigenvalue weighted by Gasteiger charge is -1.93. The summed E-state index contributed by atoms with van der Waals surface area (Å²) in [5, 5.41) is 0. The Balaban J connectivity index is 0.000000810. The number of halogens is 3. The van der Waals surface area contributed by atoms with Gasteiger partial charge in [-0.3, -0.25) is 0 Å². The molecular formula is C6H6BrClFN. The third kappa shape index (κ3) is 2.15. The zero-order valence-electron chi connectivity index (χ0n) is 4.97. The first-order valence-corrected chi connectivity index (χ1v) is 3.20. The molecule has 0 aliphatic rings. The van der Waals surface area contributed by atoms with Crippen LogP contribution in [0.1, 0.15) is 0 Å². The highest BCUT2D eigenvalue weighted by Crippen LogP contribution is 2.16. The highest BCUT2D eigenvalue weighted by molar-refractivity contribution is 9.10. The van der Waals surface area contributed by atoms with Crippen LogP contribution in [0, 0.1) is 5.82 Å². The van der Waals surface area contributed by atoms with Crippen LogP contribution >= 0.6 is 28.3 Å². The summed E-state index contributed by atoms with van der Waals surface area (Å²) in [5.74, 6) is -0.377. The molecule has 0 saturated heterocycles. The zero-order valence-corrected chi connectivity index (χ0v) is 7.38. The summed E-state index contributed by atoms with van der Waals surface area (Å²) >= 11 is 3.15. The van der Waals surface area contributed by atoms with Crippen molar-refractivity contribution >= 4 is 34.0 Å². The monoisotopic (exact) mass is 225 g/mol. The lowest BCUT2D eigenvalue weighted by atomic mass is 10.3. The van der Waals surface area contributed by atoms with Crippen LogP contribution in [-0.4, -0.2) is 0 Å². The molecule has 1 nitrogen and oxygen atoms in total. The van der Waals surface area contributed by atoms with E-state index in [0.717, 1.165) is 4.47 Å². The molecule has 10 heavy (non-hydrogen) atoms. The van der Waals surface area contributed by atoms with Gasteiger partial charge in [0.2, 0.25) is 0 Å². The Morgan fingerprint density at radius 2 is 2.00 bits per heavy atom. The van der Waals surface area contributed by atoms with Gasteiger partial charge in [0.05, 0.1) is 5.69 Å². The van der Waals surface area contributed by atoms with Crippen molar-refractivity contribution in [1.29, 1.82) is 0 Å². The highest BCUT2D eigenvalue weighted by atomic mass is 79.9. The first-order valence-electron chi connectivity index (χ1n) is 2.40. The first-order chi connectivity index (χ1) is 4.20. The molecule has 1 aromatic carbocycles. The smallest absolute Gasteiger partial charge is 0.146 e. The number of hydrogen-bond donors (Lipinski definition) is 1. The maximum absolute atomic E-state index is 12.4. The van der Waals surface area contributed by atoms with Crippen molar-refractivity contribution in [3.8, 4) is 0 Å². The number of anilines is 1. The van der Waals surface area contributed by atoms with E-state index in [4.69, 9.17) is 5.73 Å². The third-order valence-corrected chi connectivity index (χ3v) is 1.45. The standard InChI is InChI=1S/C6H5BrFN.ClH/c7-4-1-2-5(8)6(9)3-4;/h1-3H,9H2;1H. The van der Waals surface area contributed by atoms with Crippen molar-refractivity contribution in [2.45, 2.75) is 0 Å². The summed E-state index contributed by atoms with van der Waals surface area (Å²) < 4.78 is 13.1. The number of rotatable bonds is 0. The molecule has 0 radical (unpaired) electrons. The van der Waals surface area contributed by atoms with E-state index < -0.39 is 0 Å². The molecule has 1 rings (SSSR count). The number of hydrogen-bond acceptors (Lipinski definition) is 1. The minimum Gasteiger partial charge on any atom is -0.396 e. The van der Waals surface area contributed by atoms with Gasteiger partial charge >= 0.3 is 0 Å². The summed E-state index contributed by atoms with van der Waals surface area (Å²) in [6.07, 6.45) is 0. The van der Waals surface area contributed by atoms with Gasteiger partial charge in [-0.25, -0.2) is 4.39 Å². The fourth-order valence-corrected chi connectivity index (χ4v) is 0.893. The average Bonchev–Trinajstić information content (AvgIpc) is 1.80. The van der Waals surface area contributed by atoms with E-state index >= 15 is 0 Å². The topological polar surface area (TPSA) is 26.0 Å². The van der Waals surface area contributed by atoms with Gasteiger partial charge in [0, 0.05) is 4.47 Å². The highest BCUT2D eigenvalue weighted by Gasteiger charge is 1.94. The van der Waals surface area contributed by atoms with Crippen LogP contribution in [0.25, 0.3) is 0 Å². The van der Waals surface area contributed by atoms with E-state index in [1.807, 2.05) is 0 Å². The maximum Gasteiger partial charge on any atom is 0.146 e. The molecule has 56 valence electrons. The molecule has 0 heterocycles. The number of benzene rings is 1. The van der Waals surface area contributed by atoms with E-state index in [2.05, 4.69) is 15.9 Å². The van der Waals surface area contributed by atoms with Crippen LogP contribution in [0.4, 0.5) is 10.1 Å². The van der Waals surface area contributed by atoms with Gasteiger partial charge < -0.3 is 5.73 Å². The molecule has 1 aromatic rings. The van der Waals surface area contributed by atoms with Crippen LogP contribution in [0.15, 0.2) is 22.7 Å². The Bertz CT molecular complexity index is 229. The second-order valence-corrected chi connectivity index (χ2v) is 2.58. The molecule has 0 aliphatic heterocycles. The zero-order chi connectivity index (χ0) is 6.85. The van der Waals surface area contributed by atoms with Crippen LogP contribution < -0.4 is 5.73 Å². The number of nitrogen functional groups attached to an aromatic ring is 1. The van der Waals surface area contributed by atoms with Gasteiger partial charge in [-0.05, 0) is 18.2 Å². The minimum absolute atomic E-state index is 0. The molecule has 4 heteroatoms. The molecule has 0 aliphatic carbocycles. The van der Waals surface area contributed by atoms with Crippen molar-refractivity contribution in [3.05, 3.63) is 28.5 Å². The van der Waals surface area contributed by atoms with E-state index in [9.17, 15) is 4.39 Å². The summed E-state index contributed by atoms with van der Waals surface area (Å²) in [6, 6.07) is 4.44. The lowest BCUT2D eigenvalue weighted by molar-refractivity contribution is 0.632. The molecule has 0 aromatic heterocycles. The normalized spacial score (nSPS) is 8.60. The molecule has 0 bridgehead atoms.